The van der Waals surface area contributed by atoms with Crippen LogP contribution in [0.5, 0.6) is 0 Å². The van der Waals surface area contributed by atoms with Crippen LogP contribution in [-0.2, 0) is 30.7 Å². The Labute approximate surface area is 185 Å². The van der Waals surface area contributed by atoms with Crippen molar-refractivity contribution >= 4 is 11.3 Å². The lowest BCUT2D eigenvalue weighted by Gasteiger charge is -2.37. The maximum atomic E-state index is 9.46. The molecule has 2 aromatic heterocycles. The number of aromatic nitrogens is 3. The first-order chi connectivity index (χ1) is 14.6. The summed E-state index contributed by atoms with van der Waals surface area (Å²) < 4.78 is 7.28. The molecule has 168 valence electrons. The van der Waals surface area contributed by atoms with Gasteiger partial charge in [-0.25, -0.2) is 0 Å². The Morgan fingerprint density at radius 1 is 1.37 bits per heavy atom. The second kappa shape index (κ2) is 11.4. The molecule has 0 amide bonds. The molecule has 1 N–H and O–H groups in total. The van der Waals surface area contributed by atoms with Crippen LogP contribution in [0.1, 0.15) is 67.0 Å². The molecule has 0 saturated carbocycles. The van der Waals surface area contributed by atoms with E-state index >= 15 is 0 Å². The zero-order valence-electron chi connectivity index (χ0n) is 19.0. The van der Waals surface area contributed by atoms with E-state index in [1.165, 1.54) is 21.7 Å². The first-order valence-corrected chi connectivity index (χ1v) is 12.2. The molecular weight excluding hydrogens is 396 g/mol. The number of rotatable bonds is 11. The van der Waals surface area contributed by atoms with Gasteiger partial charge in [0.1, 0.15) is 0 Å². The van der Waals surface area contributed by atoms with Crippen molar-refractivity contribution in [2.24, 2.45) is 5.92 Å². The maximum Gasteiger partial charge on any atom is 0.0967 e. The summed E-state index contributed by atoms with van der Waals surface area (Å²) in [5.41, 5.74) is 2.55. The van der Waals surface area contributed by atoms with Gasteiger partial charge in [-0.15, -0.1) is 16.4 Å². The average molecular weight is 435 g/mol. The van der Waals surface area contributed by atoms with Crippen LogP contribution in [0.15, 0.2) is 12.3 Å². The van der Waals surface area contributed by atoms with E-state index < -0.39 is 0 Å². The second-order valence-corrected chi connectivity index (χ2v) is 9.84. The van der Waals surface area contributed by atoms with Crippen molar-refractivity contribution in [3.63, 3.8) is 0 Å². The van der Waals surface area contributed by atoms with Crippen LogP contribution in [-0.4, -0.2) is 57.9 Å². The zero-order valence-corrected chi connectivity index (χ0v) is 19.8. The van der Waals surface area contributed by atoms with Crippen molar-refractivity contribution in [1.82, 2.24) is 19.9 Å². The number of aliphatic hydroxyl groups is 1. The number of hydrogen-bond donors (Lipinski definition) is 1. The summed E-state index contributed by atoms with van der Waals surface area (Å²) in [6, 6.07) is 2.91. The molecule has 2 unspecified atom stereocenters. The standard InChI is InChI=1S/C23H38N4O2S/c1-5-18(16-29-4)13-27-15-20(24-25-27)14-26-9-7-19(11-17(26)3)22-12-21(6-2)30-23(22)8-10-28/h12,15,17-19,28H,5-11,13-14,16H2,1-4H3/t17-,18?,19?/m0/s1. The van der Waals surface area contributed by atoms with Crippen molar-refractivity contribution in [2.45, 2.75) is 77.9 Å². The number of nitrogens with zero attached hydrogens (tertiary/aromatic N) is 4. The summed E-state index contributed by atoms with van der Waals surface area (Å²) in [6.07, 6.45) is 7.38. The van der Waals surface area contributed by atoms with Gasteiger partial charge in [0.15, 0.2) is 0 Å². The van der Waals surface area contributed by atoms with Gasteiger partial charge in [0.25, 0.3) is 0 Å². The fourth-order valence-electron chi connectivity index (χ4n) is 4.56. The van der Waals surface area contributed by atoms with Crippen LogP contribution in [0.4, 0.5) is 0 Å². The molecule has 1 saturated heterocycles. The van der Waals surface area contributed by atoms with Crippen LogP contribution >= 0.6 is 11.3 Å². The van der Waals surface area contributed by atoms with Crippen LogP contribution in [0.25, 0.3) is 0 Å². The minimum Gasteiger partial charge on any atom is -0.396 e. The van der Waals surface area contributed by atoms with E-state index in [-0.39, 0.29) is 6.61 Å². The van der Waals surface area contributed by atoms with Gasteiger partial charge in [0.2, 0.25) is 0 Å². The van der Waals surface area contributed by atoms with Gasteiger partial charge in [0.05, 0.1) is 12.3 Å². The van der Waals surface area contributed by atoms with Gasteiger partial charge in [-0.3, -0.25) is 9.58 Å². The minimum absolute atomic E-state index is 0.240. The monoisotopic (exact) mass is 434 g/mol. The lowest BCUT2D eigenvalue weighted by molar-refractivity contribution is 0.136. The fourth-order valence-corrected chi connectivity index (χ4v) is 5.75. The van der Waals surface area contributed by atoms with Crippen molar-refractivity contribution < 1.29 is 9.84 Å². The third-order valence-corrected chi connectivity index (χ3v) is 7.76. The van der Waals surface area contributed by atoms with Crippen LogP contribution in [0.3, 0.4) is 0 Å². The van der Waals surface area contributed by atoms with Gasteiger partial charge in [-0.2, -0.15) is 0 Å². The molecule has 0 spiro atoms. The second-order valence-electron chi connectivity index (χ2n) is 8.62. The average Bonchev–Trinajstić information content (AvgIpc) is 3.36. The van der Waals surface area contributed by atoms with E-state index in [0.717, 1.165) is 57.6 Å². The molecule has 1 fully saturated rings. The number of likely N-dealkylation sites (tertiary alicyclic amines) is 1. The largest absolute Gasteiger partial charge is 0.396 e. The van der Waals surface area contributed by atoms with Gasteiger partial charge in [-0.05, 0) is 56.7 Å². The topological polar surface area (TPSA) is 63.4 Å². The Morgan fingerprint density at radius 2 is 2.20 bits per heavy atom. The quantitative estimate of drug-likeness (QED) is 0.581. The molecule has 3 rings (SSSR count). The molecule has 0 bridgehead atoms. The molecule has 3 atom stereocenters. The Bertz CT molecular complexity index is 775. The Kier molecular flexibility index (Phi) is 8.86. The van der Waals surface area contributed by atoms with E-state index in [0.29, 0.717) is 17.9 Å². The Morgan fingerprint density at radius 3 is 2.87 bits per heavy atom. The van der Waals surface area contributed by atoms with Gasteiger partial charge < -0.3 is 9.84 Å². The van der Waals surface area contributed by atoms with Crippen LogP contribution in [0, 0.1) is 5.92 Å². The first kappa shape index (κ1) is 23.4. The summed E-state index contributed by atoms with van der Waals surface area (Å²) in [4.78, 5) is 5.37. The van der Waals surface area contributed by atoms with E-state index in [2.05, 4.69) is 48.2 Å². The van der Waals surface area contributed by atoms with Crippen molar-refractivity contribution in [3.8, 4) is 0 Å². The van der Waals surface area contributed by atoms with E-state index in [1.807, 2.05) is 16.0 Å². The molecule has 3 heterocycles. The molecule has 2 aromatic rings. The number of hydrogen-bond acceptors (Lipinski definition) is 6. The third-order valence-electron chi connectivity index (χ3n) is 6.41. The van der Waals surface area contributed by atoms with Crippen molar-refractivity contribution in [1.29, 1.82) is 0 Å². The van der Waals surface area contributed by atoms with Crippen LogP contribution < -0.4 is 0 Å². The lowest BCUT2D eigenvalue weighted by atomic mass is 9.85. The van der Waals surface area contributed by atoms with E-state index in [9.17, 15) is 5.11 Å². The normalized spacial score (nSPS) is 21.2. The number of piperidine rings is 1. The Hall–Kier alpha value is -1.28. The predicted octanol–water partition coefficient (Wildman–Crippen LogP) is 3.88. The van der Waals surface area contributed by atoms with E-state index in [1.54, 1.807) is 7.11 Å². The predicted molar refractivity (Wildman–Crippen MR) is 122 cm³/mol. The molecule has 1 aliphatic rings. The van der Waals surface area contributed by atoms with Crippen LogP contribution in [0.2, 0.25) is 0 Å². The number of ether oxygens (including phenoxy) is 1. The summed E-state index contributed by atoms with van der Waals surface area (Å²) in [6.45, 7) is 10.5. The zero-order chi connectivity index (χ0) is 21.5. The highest BCUT2D eigenvalue weighted by atomic mass is 32.1. The van der Waals surface area contributed by atoms with Gasteiger partial charge in [-0.1, -0.05) is 19.1 Å². The number of aliphatic hydroxyl groups excluding tert-OH is 1. The highest BCUT2D eigenvalue weighted by Crippen LogP contribution is 2.38. The number of methoxy groups -OCH3 is 1. The van der Waals surface area contributed by atoms with Gasteiger partial charge in [0, 0.05) is 61.1 Å². The Balaban J connectivity index is 1.58. The SMILES string of the molecule is CCc1cc(C2CCN(Cc3cn(CC(CC)COC)nn3)[C@@H](C)C2)c(CCO)s1. The molecule has 1 aliphatic heterocycles. The van der Waals surface area contributed by atoms with Crippen molar-refractivity contribution in [2.75, 3.05) is 26.9 Å². The van der Waals surface area contributed by atoms with E-state index in [4.69, 9.17) is 4.74 Å². The maximum absolute atomic E-state index is 9.46. The number of thiophene rings is 1. The highest BCUT2D eigenvalue weighted by Gasteiger charge is 2.29. The van der Waals surface area contributed by atoms with Gasteiger partial charge >= 0.3 is 0 Å². The molecule has 0 aliphatic carbocycles. The number of aryl methyl sites for hydroxylation is 1. The smallest absolute Gasteiger partial charge is 0.0967 e. The molecule has 30 heavy (non-hydrogen) atoms. The molecule has 6 nitrogen and oxygen atoms in total. The lowest BCUT2D eigenvalue weighted by Crippen LogP contribution is -2.39. The highest BCUT2D eigenvalue weighted by molar-refractivity contribution is 7.12. The fraction of sp³-hybridized carbons (Fsp3) is 0.739. The molecule has 0 aromatic carbocycles. The third kappa shape index (κ3) is 5.90. The summed E-state index contributed by atoms with van der Waals surface area (Å²) in [7, 11) is 1.76. The molecule has 0 radical (unpaired) electrons. The summed E-state index contributed by atoms with van der Waals surface area (Å²) in [5.74, 6) is 1.08. The molecular formula is C23H38N4O2S. The molecule has 7 heteroatoms. The summed E-state index contributed by atoms with van der Waals surface area (Å²) >= 11 is 1.89. The first-order valence-electron chi connectivity index (χ1n) is 11.4. The van der Waals surface area contributed by atoms with Crippen molar-refractivity contribution in [3.05, 3.63) is 33.3 Å². The minimum atomic E-state index is 0.240. The summed E-state index contributed by atoms with van der Waals surface area (Å²) in [5, 5.41) is 18.2.